The maximum atomic E-state index is 11.7. The molecule has 0 spiro atoms. The van der Waals surface area contributed by atoms with Crippen LogP contribution in [0.15, 0.2) is 24.3 Å². The summed E-state index contributed by atoms with van der Waals surface area (Å²) in [4.78, 5) is 0.227. The van der Waals surface area contributed by atoms with Crippen molar-refractivity contribution in [2.24, 2.45) is 10.9 Å². The van der Waals surface area contributed by atoms with Crippen molar-refractivity contribution in [3.8, 4) is 0 Å². The summed E-state index contributed by atoms with van der Waals surface area (Å²) in [7, 11) is -7.31. The summed E-state index contributed by atoms with van der Waals surface area (Å²) in [5.74, 6) is -0.720. The second kappa shape index (κ2) is 6.59. The van der Waals surface area contributed by atoms with Crippen molar-refractivity contribution < 1.29 is 16.8 Å². The lowest BCUT2D eigenvalue weighted by atomic mass is 10.1. The third-order valence-electron chi connectivity index (χ3n) is 2.30. The van der Waals surface area contributed by atoms with Crippen LogP contribution in [0.25, 0.3) is 0 Å². The molecule has 1 aromatic carbocycles. The van der Waals surface area contributed by atoms with E-state index < -0.39 is 25.8 Å². The summed E-state index contributed by atoms with van der Waals surface area (Å²) in [5.41, 5.74) is 6.61. The van der Waals surface area contributed by atoms with Crippen molar-refractivity contribution in [2.75, 3.05) is 12.3 Å². The first-order valence-electron chi connectivity index (χ1n) is 5.46. The number of benzene rings is 1. The highest BCUT2D eigenvalue weighted by atomic mass is 32.2. The van der Waals surface area contributed by atoms with Gasteiger partial charge in [-0.15, -0.1) is 0 Å². The van der Waals surface area contributed by atoms with Crippen LogP contribution in [0.5, 0.6) is 0 Å². The van der Waals surface area contributed by atoms with Gasteiger partial charge >= 0.3 is 0 Å². The molecule has 0 aliphatic rings. The van der Waals surface area contributed by atoms with Gasteiger partial charge in [0.15, 0.2) is 0 Å². The van der Waals surface area contributed by atoms with Gasteiger partial charge in [-0.1, -0.05) is 36.5 Å². The Kier molecular flexibility index (Phi) is 5.59. The average Bonchev–Trinajstić information content (AvgIpc) is 2.26. The second-order valence-electron chi connectivity index (χ2n) is 4.08. The zero-order valence-electron chi connectivity index (χ0n) is 10.4. The molecule has 0 unspecified atom stereocenters. The van der Waals surface area contributed by atoms with Crippen LogP contribution in [-0.4, -0.2) is 34.1 Å². The Morgan fingerprint density at radius 2 is 1.70 bits per heavy atom. The van der Waals surface area contributed by atoms with Crippen molar-refractivity contribution >= 4 is 37.3 Å². The molecule has 1 aromatic rings. The largest absolute Gasteiger partial charge is 0.389 e. The number of nitrogens with one attached hydrogen (secondary N) is 1. The Labute approximate surface area is 123 Å². The molecule has 5 N–H and O–H groups in total. The van der Waals surface area contributed by atoms with Crippen LogP contribution in [0.2, 0.25) is 0 Å². The number of thiocarbonyl (C=S) groups is 1. The van der Waals surface area contributed by atoms with E-state index in [2.05, 4.69) is 4.72 Å². The van der Waals surface area contributed by atoms with Gasteiger partial charge in [0.2, 0.25) is 20.0 Å². The van der Waals surface area contributed by atoms with Crippen LogP contribution < -0.4 is 15.6 Å². The van der Waals surface area contributed by atoms with E-state index in [1.54, 1.807) is 24.3 Å². The molecule has 20 heavy (non-hydrogen) atoms. The van der Waals surface area contributed by atoms with Gasteiger partial charge in [0.05, 0.1) is 11.5 Å². The Morgan fingerprint density at radius 1 is 1.15 bits per heavy atom. The molecule has 1 rings (SSSR count). The van der Waals surface area contributed by atoms with Crippen LogP contribution in [0.4, 0.5) is 0 Å². The van der Waals surface area contributed by atoms with Crippen molar-refractivity contribution in [3.63, 3.8) is 0 Å². The first kappa shape index (κ1) is 17.0. The maximum absolute atomic E-state index is 11.7. The number of hydrogen-bond donors (Lipinski definition) is 3. The third kappa shape index (κ3) is 6.39. The fraction of sp³-hybridized carbons (Fsp3) is 0.300. The smallest absolute Gasteiger partial charge is 0.215 e. The maximum Gasteiger partial charge on any atom is 0.215 e. The van der Waals surface area contributed by atoms with E-state index in [9.17, 15) is 16.8 Å². The van der Waals surface area contributed by atoms with Gasteiger partial charge in [0.25, 0.3) is 0 Å². The predicted molar refractivity (Wildman–Crippen MR) is 80.9 cm³/mol. The van der Waals surface area contributed by atoms with Crippen LogP contribution in [-0.2, 0) is 25.8 Å². The number of nitrogens with two attached hydrogens (primary N) is 2. The molecule has 0 bridgehead atoms. The highest BCUT2D eigenvalue weighted by Gasteiger charge is 2.12. The molecule has 0 heterocycles. The summed E-state index contributed by atoms with van der Waals surface area (Å²) < 4.78 is 47.0. The SMILES string of the molecule is NC(=S)c1ccc(CS(=O)(=O)NCCS(N)(=O)=O)cc1. The summed E-state index contributed by atoms with van der Waals surface area (Å²) in [6.07, 6.45) is 0. The zero-order valence-corrected chi connectivity index (χ0v) is 12.9. The number of hydrogen-bond acceptors (Lipinski definition) is 5. The highest BCUT2D eigenvalue weighted by Crippen LogP contribution is 2.07. The molecule has 0 saturated heterocycles. The fourth-order valence-electron chi connectivity index (χ4n) is 1.38. The van der Waals surface area contributed by atoms with Crippen molar-refractivity contribution in [3.05, 3.63) is 35.4 Å². The van der Waals surface area contributed by atoms with E-state index in [1.807, 2.05) is 0 Å². The van der Waals surface area contributed by atoms with E-state index in [1.165, 1.54) is 0 Å². The summed E-state index contributed by atoms with van der Waals surface area (Å²) in [6.45, 7) is -0.258. The highest BCUT2D eigenvalue weighted by molar-refractivity contribution is 7.89. The lowest BCUT2D eigenvalue weighted by molar-refractivity contribution is 0.580. The summed E-state index contributed by atoms with van der Waals surface area (Å²) >= 11 is 4.79. The molecule has 0 aromatic heterocycles. The topological polar surface area (TPSA) is 132 Å². The summed E-state index contributed by atoms with van der Waals surface area (Å²) in [6, 6.07) is 6.43. The van der Waals surface area contributed by atoms with Gasteiger partial charge in [-0.25, -0.2) is 26.7 Å². The van der Waals surface area contributed by atoms with Crippen LogP contribution in [0, 0.1) is 0 Å². The lowest BCUT2D eigenvalue weighted by Gasteiger charge is -2.07. The molecule has 112 valence electrons. The third-order valence-corrected chi connectivity index (χ3v) is 4.67. The van der Waals surface area contributed by atoms with Gasteiger partial charge in [-0.3, -0.25) is 0 Å². The van der Waals surface area contributed by atoms with Gasteiger partial charge in [-0.05, 0) is 5.56 Å². The minimum atomic E-state index is -3.69. The molecule has 0 radical (unpaired) electrons. The lowest BCUT2D eigenvalue weighted by Crippen LogP contribution is -2.32. The standard InChI is InChI=1S/C10H15N3O4S3/c11-10(18)9-3-1-8(2-4-9)7-20(16,17)13-5-6-19(12,14)15/h1-4,13H,5-7H2,(H2,11,18)(H2,12,14,15). The summed E-state index contributed by atoms with van der Waals surface area (Å²) in [5, 5.41) is 4.78. The number of sulfonamides is 2. The van der Waals surface area contributed by atoms with Crippen molar-refractivity contribution in [1.29, 1.82) is 0 Å². The van der Waals surface area contributed by atoms with E-state index in [4.69, 9.17) is 23.1 Å². The van der Waals surface area contributed by atoms with Crippen molar-refractivity contribution in [1.82, 2.24) is 4.72 Å². The number of primary sulfonamides is 1. The normalized spacial score (nSPS) is 12.2. The van der Waals surface area contributed by atoms with Gasteiger partial charge in [-0.2, -0.15) is 0 Å². The molecule has 0 atom stereocenters. The molecule has 0 saturated carbocycles. The van der Waals surface area contributed by atoms with Crippen LogP contribution in [0.1, 0.15) is 11.1 Å². The Balaban J connectivity index is 2.64. The number of rotatable bonds is 7. The fourth-order valence-corrected chi connectivity index (χ4v) is 3.17. The van der Waals surface area contributed by atoms with E-state index >= 15 is 0 Å². The monoisotopic (exact) mass is 337 g/mol. The van der Waals surface area contributed by atoms with Gasteiger partial charge in [0.1, 0.15) is 4.99 Å². The zero-order chi connectivity index (χ0) is 15.4. The molecule has 0 amide bonds. The molecule has 0 fully saturated rings. The molecule has 7 nitrogen and oxygen atoms in total. The van der Waals surface area contributed by atoms with Crippen LogP contribution >= 0.6 is 12.2 Å². The quantitative estimate of drug-likeness (QED) is 0.548. The van der Waals surface area contributed by atoms with Gasteiger partial charge < -0.3 is 5.73 Å². The minimum Gasteiger partial charge on any atom is -0.389 e. The molecule has 10 heteroatoms. The van der Waals surface area contributed by atoms with Crippen molar-refractivity contribution in [2.45, 2.75) is 5.75 Å². The predicted octanol–water partition coefficient (Wildman–Crippen LogP) is -0.971. The Hall–Kier alpha value is -1.07. The van der Waals surface area contributed by atoms with E-state index in [0.29, 0.717) is 11.1 Å². The molecular formula is C10H15N3O4S3. The second-order valence-corrected chi connectivity index (χ2v) is 8.06. The minimum absolute atomic E-state index is 0.227. The van der Waals surface area contributed by atoms with E-state index in [-0.39, 0.29) is 17.3 Å². The van der Waals surface area contributed by atoms with E-state index in [0.717, 1.165) is 0 Å². The Morgan fingerprint density at radius 3 is 2.15 bits per heavy atom. The molecule has 0 aliphatic carbocycles. The van der Waals surface area contributed by atoms with Gasteiger partial charge in [0, 0.05) is 12.1 Å². The molecular weight excluding hydrogens is 322 g/mol. The first-order chi connectivity index (χ1) is 9.09. The molecule has 0 aliphatic heterocycles. The first-order valence-corrected chi connectivity index (χ1v) is 9.23. The average molecular weight is 337 g/mol. The Bertz CT molecular complexity index is 681. The van der Waals surface area contributed by atoms with Crippen LogP contribution in [0.3, 0.4) is 0 Å².